The second-order valence-corrected chi connectivity index (χ2v) is 5.85. The van der Waals surface area contributed by atoms with Crippen molar-refractivity contribution < 1.29 is 0 Å². The third-order valence-electron chi connectivity index (χ3n) is 2.31. The molecule has 84 valence electrons. The van der Waals surface area contributed by atoms with Crippen LogP contribution in [0.2, 0.25) is 0 Å². The Balaban J connectivity index is 2.25. The van der Waals surface area contributed by atoms with Crippen molar-refractivity contribution in [3.05, 3.63) is 34.4 Å². The lowest BCUT2D eigenvalue weighted by Crippen LogP contribution is -1.96. The number of halogens is 1. The summed E-state index contributed by atoms with van der Waals surface area (Å²) in [5.74, 6) is 1.10. The van der Waals surface area contributed by atoms with Gasteiger partial charge >= 0.3 is 0 Å². The van der Waals surface area contributed by atoms with E-state index >= 15 is 0 Å². The molecule has 6 heteroatoms. The van der Waals surface area contributed by atoms with Crippen LogP contribution in [-0.4, -0.2) is 15.0 Å². The molecule has 0 saturated heterocycles. The Labute approximate surface area is 110 Å². The lowest BCUT2D eigenvalue weighted by atomic mass is 10.2. The molecule has 0 radical (unpaired) electrons. The molecule has 3 aromatic rings. The Kier molecular flexibility index (Phi) is 2.53. The van der Waals surface area contributed by atoms with Gasteiger partial charge in [0.1, 0.15) is 10.6 Å². The van der Waals surface area contributed by atoms with E-state index in [2.05, 4.69) is 30.9 Å². The van der Waals surface area contributed by atoms with Crippen LogP contribution in [0.4, 0.5) is 5.82 Å². The van der Waals surface area contributed by atoms with Crippen LogP contribution >= 0.6 is 27.3 Å². The molecule has 0 saturated carbocycles. The molecule has 0 fully saturated rings. The molecule has 0 spiro atoms. The predicted octanol–water partition coefficient (Wildman–Crippen LogP) is 3.10. The Hall–Kier alpha value is -1.53. The van der Waals surface area contributed by atoms with Gasteiger partial charge < -0.3 is 5.73 Å². The highest BCUT2D eigenvalue weighted by molar-refractivity contribution is 9.11. The fourth-order valence-electron chi connectivity index (χ4n) is 1.54. The quantitative estimate of drug-likeness (QED) is 0.750. The molecule has 0 aliphatic rings. The molecule has 0 unspecified atom stereocenters. The minimum absolute atomic E-state index is 0.496. The van der Waals surface area contributed by atoms with E-state index in [9.17, 15) is 0 Å². The van der Waals surface area contributed by atoms with Crippen molar-refractivity contribution >= 4 is 43.3 Å². The highest BCUT2D eigenvalue weighted by Crippen LogP contribution is 2.32. The Bertz CT molecular complexity index is 681. The smallest absolute Gasteiger partial charge is 0.164 e. The number of nitrogens with zero attached hydrogens (tertiary/aromatic N) is 3. The molecule has 2 N–H and O–H groups in total. The van der Waals surface area contributed by atoms with Crippen molar-refractivity contribution in [2.75, 3.05) is 5.73 Å². The van der Waals surface area contributed by atoms with Crippen molar-refractivity contribution in [2.24, 2.45) is 0 Å². The molecular formula is C11H7BrN4S. The topological polar surface area (TPSA) is 64.7 Å². The second-order valence-electron chi connectivity index (χ2n) is 3.44. The number of aromatic nitrogens is 3. The minimum Gasteiger partial charge on any atom is -0.383 e. The number of hydrogen-bond acceptors (Lipinski definition) is 5. The summed E-state index contributed by atoms with van der Waals surface area (Å²) in [5, 5.41) is 0.884. The Morgan fingerprint density at radius 1 is 1.29 bits per heavy atom. The van der Waals surface area contributed by atoms with Crippen molar-refractivity contribution in [3.8, 4) is 11.4 Å². The number of hydrogen-bond donors (Lipinski definition) is 1. The van der Waals surface area contributed by atoms with E-state index in [-0.39, 0.29) is 0 Å². The van der Waals surface area contributed by atoms with E-state index in [4.69, 9.17) is 5.73 Å². The van der Waals surface area contributed by atoms with Gasteiger partial charge in [-0.25, -0.2) is 9.97 Å². The lowest BCUT2D eigenvalue weighted by Gasteiger charge is -2.01. The molecule has 0 aliphatic carbocycles. The fraction of sp³-hybridized carbons (Fsp3) is 0. The molecule has 0 atom stereocenters. The first-order valence-corrected chi connectivity index (χ1v) is 6.48. The summed E-state index contributed by atoms with van der Waals surface area (Å²) in [4.78, 5) is 13.7. The average Bonchev–Trinajstić information content (AvgIpc) is 2.71. The van der Waals surface area contributed by atoms with E-state index in [1.165, 1.54) is 0 Å². The standard InChI is InChI=1S/C11H7BrN4S/c12-8-4-7-9(13)15-10(16-11(7)17-8)6-2-1-3-14-5-6/h1-5H,(H2,13,15,16). The Morgan fingerprint density at radius 3 is 2.94 bits per heavy atom. The number of fused-ring (bicyclic) bond motifs is 1. The van der Waals surface area contributed by atoms with Gasteiger partial charge in [0.25, 0.3) is 0 Å². The van der Waals surface area contributed by atoms with Gasteiger partial charge in [0.15, 0.2) is 5.82 Å². The van der Waals surface area contributed by atoms with Crippen LogP contribution in [0, 0.1) is 0 Å². The zero-order valence-electron chi connectivity index (χ0n) is 8.59. The van der Waals surface area contributed by atoms with Crippen molar-refractivity contribution in [1.82, 2.24) is 15.0 Å². The van der Waals surface area contributed by atoms with E-state index in [1.54, 1.807) is 23.7 Å². The van der Waals surface area contributed by atoms with Crippen molar-refractivity contribution in [1.29, 1.82) is 0 Å². The molecule has 0 aliphatic heterocycles. The minimum atomic E-state index is 0.496. The van der Waals surface area contributed by atoms with Crippen LogP contribution in [0.25, 0.3) is 21.6 Å². The summed E-state index contributed by atoms with van der Waals surface area (Å²) < 4.78 is 0.997. The van der Waals surface area contributed by atoms with Gasteiger partial charge in [0, 0.05) is 18.0 Å². The van der Waals surface area contributed by atoms with Gasteiger partial charge in [0.05, 0.1) is 9.17 Å². The summed E-state index contributed by atoms with van der Waals surface area (Å²) in [6, 6.07) is 5.70. The summed E-state index contributed by atoms with van der Waals surface area (Å²) in [6.07, 6.45) is 3.44. The molecule has 3 rings (SSSR count). The van der Waals surface area contributed by atoms with Gasteiger partial charge in [-0.05, 0) is 34.1 Å². The first-order valence-electron chi connectivity index (χ1n) is 4.87. The number of pyridine rings is 1. The van der Waals surface area contributed by atoms with Gasteiger partial charge in [-0.2, -0.15) is 0 Å². The van der Waals surface area contributed by atoms with Gasteiger partial charge in [-0.1, -0.05) is 0 Å². The zero-order chi connectivity index (χ0) is 11.8. The van der Waals surface area contributed by atoms with Crippen LogP contribution in [0.5, 0.6) is 0 Å². The summed E-state index contributed by atoms with van der Waals surface area (Å²) in [5.41, 5.74) is 6.79. The molecular weight excluding hydrogens is 300 g/mol. The third kappa shape index (κ3) is 1.89. The largest absolute Gasteiger partial charge is 0.383 e. The maximum Gasteiger partial charge on any atom is 0.164 e. The zero-order valence-corrected chi connectivity index (χ0v) is 11.0. The SMILES string of the molecule is Nc1nc(-c2cccnc2)nc2sc(Br)cc12. The van der Waals surface area contributed by atoms with Gasteiger partial charge in [-0.3, -0.25) is 4.98 Å². The number of anilines is 1. The van der Waals surface area contributed by atoms with Crippen LogP contribution in [0.1, 0.15) is 0 Å². The predicted molar refractivity (Wildman–Crippen MR) is 72.8 cm³/mol. The molecule has 4 nitrogen and oxygen atoms in total. The van der Waals surface area contributed by atoms with Crippen LogP contribution < -0.4 is 5.73 Å². The second kappa shape index (κ2) is 4.05. The van der Waals surface area contributed by atoms with Gasteiger partial charge in [0.2, 0.25) is 0 Å². The number of thiophene rings is 1. The number of nitrogens with two attached hydrogens (primary N) is 1. The van der Waals surface area contributed by atoms with Crippen molar-refractivity contribution in [2.45, 2.75) is 0 Å². The van der Waals surface area contributed by atoms with Crippen LogP contribution in [0.15, 0.2) is 34.4 Å². The monoisotopic (exact) mass is 306 g/mol. The normalized spacial score (nSPS) is 10.9. The van der Waals surface area contributed by atoms with Crippen LogP contribution in [-0.2, 0) is 0 Å². The highest BCUT2D eigenvalue weighted by Gasteiger charge is 2.09. The number of rotatable bonds is 1. The third-order valence-corrected chi connectivity index (χ3v) is 3.84. The molecule has 17 heavy (non-hydrogen) atoms. The highest BCUT2D eigenvalue weighted by atomic mass is 79.9. The first-order chi connectivity index (χ1) is 8.24. The molecule has 0 amide bonds. The maximum atomic E-state index is 5.92. The van der Waals surface area contributed by atoms with Gasteiger partial charge in [-0.15, -0.1) is 11.3 Å². The maximum absolute atomic E-state index is 5.92. The number of nitrogen functional groups attached to an aromatic ring is 1. The van der Waals surface area contributed by atoms with E-state index in [0.717, 1.165) is 19.6 Å². The van der Waals surface area contributed by atoms with E-state index in [0.29, 0.717) is 11.6 Å². The van der Waals surface area contributed by atoms with E-state index < -0.39 is 0 Å². The first kappa shape index (κ1) is 10.6. The molecule has 3 heterocycles. The summed E-state index contributed by atoms with van der Waals surface area (Å²) in [6.45, 7) is 0. The Morgan fingerprint density at radius 2 is 2.18 bits per heavy atom. The van der Waals surface area contributed by atoms with Crippen molar-refractivity contribution in [3.63, 3.8) is 0 Å². The van der Waals surface area contributed by atoms with Crippen LogP contribution in [0.3, 0.4) is 0 Å². The summed E-state index contributed by atoms with van der Waals surface area (Å²) >= 11 is 4.96. The summed E-state index contributed by atoms with van der Waals surface area (Å²) in [7, 11) is 0. The molecule has 0 bridgehead atoms. The van der Waals surface area contributed by atoms with E-state index in [1.807, 2.05) is 18.2 Å². The molecule has 0 aromatic carbocycles. The lowest BCUT2D eigenvalue weighted by molar-refractivity contribution is 1.22. The molecule has 3 aromatic heterocycles. The fourth-order valence-corrected chi connectivity index (χ4v) is 2.99. The average molecular weight is 307 g/mol.